The molecule has 5 rings (SSSR count). The lowest BCUT2D eigenvalue weighted by Gasteiger charge is -2.44. The average molecular weight is 816 g/mol. The molecule has 3 aromatic rings. The van der Waals surface area contributed by atoms with Crippen LogP contribution in [0.25, 0.3) is 10.9 Å². The highest BCUT2D eigenvalue weighted by molar-refractivity contribution is 5.97. The molecule has 1 aliphatic heterocycles. The second-order valence-corrected chi connectivity index (χ2v) is 16.8. The Kier molecular flexibility index (Phi) is 15.1. The summed E-state index contributed by atoms with van der Waals surface area (Å²) in [6.45, 7) is 8.93. The number of fused-ring (bicyclic) bond motifs is 1. The molecule has 2 aliphatic rings. The number of hydrogen-bond acceptors (Lipinski definition) is 8. The fraction of sp³-hybridized carbons (Fsp3) is 0.545. The van der Waals surface area contributed by atoms with Gasteiger partial charge in [0.15, 0.2) is 0 Å². The van der Waals surface area contributed by atoms with Gasteiger partial charge in [-0.25, -0.2) is 0 Å². The maximum atomic E-state index is 14.4. The van der Waals surface area contributed by atoms with Crippen molar-refractivity contribution in [3.63, 3.8) is 0 Å². The summed E-state index contributed by atoms with van der Waals surface area (Å²) in [7, 11) is 3.08. The Morgan fingerprint density at radius 2 is 1.44 bits per heavy atom. The van der Waals surface area contributed by atoms with Crippen molar-refractivity contribution >= 4 is 46.3 Å². The van der Waals surface area contributed by atoms with Gasteiger partial charge in [0.25, 0.3) is 0 Å². The van der Waals surface area contributed by atoms with Gasteiger partial charge in [-0.3, -0.25) is 28.8 Å². The second-order valence-electron chi connectivity index (χ2n) is 16.8. The zero-order valence-electron chi connectivity index (χ0n) is 35.3. The lowest BCUT2D eigenvalue weighted by Crippen LogP contribution is -2.61. The molecule has 2 aromatic carbocycles. The summed E-state index contributed by atoms with van der Waals surface area (Å²) in [4.78, 5) is 89.8. The van der Waals surface area contributed by atoms with Crippen molar-refractivity contribution in [2.24, 2.45) is 17.3 Å². The van der Waals surface area contributed by atoms with Crippen molar-refractivity contribution in [2.75, 3.05) is 33.9 Å². The molecule has 2 fully saturated rings. The SMILES string of the molecule is COCC1(C(=O)N2CC(=O)N[C@H](Cc3c[nH]c4ccccc34)C(=O)N[C@@H](CC(C)C)C(=O)N[C@@H](Cc3ccc(OC)cc3)C(=O)N[C@H](C)C(=O)N[C@@H](C(C)C)C2)CCC1. The van der Waals surface area contributed by atoms with E-state index < -0.39 is 71.7 Å². The smallest absolute Gasteiger partial charge is 0.243 e. The number of methoxy groups -OCH3 is 2. The summed E-state index contributed by atoms with van der Waals surface area (Å²) in [6.07, 6.45) is 4.16. The molecule has 1 aliphatic carbocycles. The predicted molar refractivity (Wildman–Crippen MR) is 223 cm³/mol. The second kappa shape index (κ2) is 20.0. The molecule has 15 heteroatoms. The summed E-state index contributed by atoms with van der Waals surface area (Å²) in [6, 6.07) is 9.64. The van der Waals surface area contributed by atoms with Crippen molar-refractivity contribution in [2.45, 2.75) is 103 Å². The first kappa shape index (κ1) is 44.7. The standard InChI is InChI=1S/C44H61N7O8/c1-26(2)19-34-41(55)49-35(20-29-13-15-31(59-7)16-14-29)40(54)46-28(5)39(53)50-37(27(3)4)23-51(43(57)44(25-58-6)17-10-18-44)24-38(52)47-36(42(56)48-34)21-30-22-45-33-12-9-8-11-32(30)33/h8-9,11-16,22,26-28,34-37,45H,10,17-21,23-25H2,1-7H3,(H,46,54)(H,47,52)(H,48,56)(H,49,55)(H,50,53)/t28-,34+,35+,36-,37-/m1/s1. The topological polar surface area (TPSA) is 200 Å². The van der Waals surface area contributed by atoms with E-state index in [1.807, 2.05) is 52.0 Å². The minimum atomic E-state index is -1.16. The number of carbonyl (C=O) groups is 6. The van der Waals surface area contributed by atoms with Crippen LogP contribution in [0.3, 0.4) is 0 Å². The van der Waals surface area contributed by atoms with E-state index in [2.05, 4.69) is 31.6 Å². The fourth-order valence-electron chi connectivity index (χ4n) is 7.80. The monoisotopic (exact) mass is 815 g/mol. The van der Waals surface area contributed by atoms with Gasteiger partial charge in [-0.15, -0.1) is 0 Å². The molecular weight excluding hydrogens is 755 g/mol. The quantitative estimate of drug-likeness (QED) is 0.170. The average Bonchev–Trinajstić information content (AvgIpc) is 3.59. The van der Waals surface area contributed by atoms with Gasteiger partial charge in [0, 0.05) is 49.6 Å². The highest BCUT2D eigenvalue weighted by atomic mass is 16.5. The van der Waals surface area contributed by atoms with E-state index in [0.717, 1.165) is 28.5 Å². The maximum absolute atomic E-state index is 14.4. The van der Waals surface area contributed by atoms with E-state index in [1.165, 1.54) is 12.0 Å². The first-order chi connectivity index (χ1) is 28.1. The third kappa shape index (κ3) is 11.4. The first-order valence-electron chi connectivity index (χ1n) is 20.6. The lowest BCUT2D eigenvalue weighted by atomic mass is 9.68. The van der Waals surface area contributed by atoms with Crippen molar-refractivity contribution in [3.8, 4) is 5.75 Å². The maximum Gasteiger partial charge on any atom is 0.243 e. The summed E-state index contributed by atoms with van der Waals surface area (Å²) in [5.74, 6) is -2.77. The molecule has 0 radical (unpaired) electrons. The molecule has 0 bridgehead atoms. The normalized spacial score (nSPS) is 23.6. The lowest BCUT2D eigenvalue weighted by molar-refractivity contribution is -0.155. The van der Waals surface area contributed by atoms with Crippen molar-refractivity contribution in [1.29, 1.82) is 0 Å². The van der Waals surface area contributed by atoms with Gasteiger partial charge in [-0.05, 0) is 67.3 Å². The third-order valence-corrected chi connectivity index (χ3v) is 11.4. The minimum absolute atomic E-state index is 0.00623. The number of hydrogen-bond donors (Lipinski definition) is 6. The Labute approximate surface area is 346 Å². The molecule has 320 valence electrons. The number of rotatable bonds is 11. The van der Waals surface area contributed by atoms with E-state index >= 15 is 0 Å². The Morgan fingerprint density at radius 1 is 0.797 bits per heavy atom. The molecular formula is C44H61N7O8. The van der Waals surface area contributed by atoms with Crippen LogP contribution in [0.15, 0.2) is 54.7 Å². The Balaban J connectivity index is 1.55. The minimum Gasteiger partial charge on any atom is -0.497 e. The van der Waals surface area contributed by atoms with Crippen molar-refractivity contribution in [3.05, 3.63) is 65.9 Å². The zero-order valence-corrected chi connectivity index (χ0v) is 35.3. The van der Waals surface area contributed by atoms with Crippen LogP contribution < -0.4 is 31.3 Å². The Morgan fingerprint density at radius 3 is 2.07 bits per heavy atom. The van der Waals surface area contributed by atoms with Crippen LogP contribution in [0.5, 0.6) is 5.75 Å². The van der Waals surface area contributed by atoms with Crippen LogP contribution in [0.4, 0.5) is 0 Å². The number of nitrogens with zero attached hydrogens (tertiary/aromatic N) is 1. The van der Waals surface area contributed by atoms with Crippen LogP contribution >= 0.6 is 0 Å². The van der Waals surface area contributed by atoms with E-state index in [1.54, 1.807) is 44.5 Å². The number of aromatic nitrogens is 1. The predicted octanol–water partition coefficient (Wildman–Crippen LogP) is 2.77. The number of aromatic amines is 1. The summed E-state index contributed by atoms with van der Waals surface area (Å²) < 4.78 is 10.8. The molecule has 0 unspecified atom stereocenters. The highest BCUT2D eigenvalue weighted by Crippen LogP contribution is 2.43. The number of carbonyl (C=O) groups excluding carboxylic acids is 6. The van der Waals surface area contributed by atoms with Crippen LogP contribution in [-0.4, -0.2) is 109 Å². The number of para-hydroxylation sites is 1. The van der Waals surface area contributed by atoms with Gasteiger partial charge in [-0.1, -0.05) is 64.4 Å². The molecule has 0 spiro atoms. The Bertz CT molecular complexity index is 1960. The van der Waals surface area contributed by atoms with Gasteiger partial charge in [0.2, 0.25) is 35.4 Å². The molecule has 6 amide bonds. The van der Waals surface area contributed by atoms with Gasteiger partial charge in [0.05, 0.1) is 25.7 Å². The number of amides is 6. The van der Waals surface area contributed by atoms with Crippen molar-refractivity contribution < 1.29 is 38.2 Å². The fourth-order valence-corrected chi connectivity index (χ4v) is 7.80. The number of H-pyrrole nitrogens is 1. The van der Waals surface area contributed by atoms with E-state index in [9.17, 15) is 28.8 Å². The van der Waals surface area contributed by atoms with Gasteiger partial charge >= 0.3 is 0 Å². The number of ether oxygens (including phenoxy) is 2. The summed E-state index contributed by atoms with van der Waals surface area (Å²) in [5.41, 5.74) is 1.52. The summed E-state index contributed by atoms with van der Waals surface area (Å²) >= 11 is 0. The molecule has 15 nitrogen and oxygen atoms in total. The van der Waals surface area contributed by atoms with Gasteiger partial charge in [0.1, 0.15) is 29.9 Å². The molecule has 2 heterocycles. The van der Waals surface area contributed by atoms with Gasteiger partial charge < -0.3 is 45.9 Å². The van der Waals surface area contributed by atoms with Crippen molar-refractivity contribution in [1.82, 2.24) is 36.5 Å². The molecule has 6 N–H and O–H groups in total. The molecule has 1 aromatic heterocycles. The van der Waals surface area contributed by atoms with E-state index in [0.29, 0.717) is 18.6 Å². The Hall–Kier alpha value is -5.44. The molecule has 1 saturated heterocycles. The van der Waals surface area contributed by atoms with Crippen LogP contribution in [-0.2, 0) is 46.3 Å². The zero-order chi connectivity index (χ0) is 42.9. The molecule has 59 heavy (non-hydrogen) atoms. The number of nitrogens with one attached hydrogen (secondary N) is 6. The highest BCUT2D eigenvalue weighted by Gasteiger charge is 2.47. The van der Waals surface area contributed by atoms with Gasteiger partial charge in [-0.2, -0.15) is 0 Å². The van der Waals surface area contributed by atoms with Crippen LogP contribution in [0.2, 0.25) is 0 Å². The van der Waals surface area contributed by atoms with E-state index in [4.69, 9.17) is 9.47 Å². The summed E-state index contributed by atoms with van der Waals surface area (Å²) in [5, 5.41) is 15.3. The van der Waals surface area contributed by atoms with Crippen LogP contribution in [0.1, 0.15) is 71.4 Å². The first-order valence-corrected chi connectivity index (χ1v) is 20.6. The molecule has 1 saturated carbocycles. The third-order valence-electron chi connectivity index (χ3n) is 11.4. The molecule has 5 atom stereocenters. The van der Waals surface area contributed by atoms with Crippen LogP contribution in [0, 0.1) is 17.3 Å². The largest absolute Gasteiger partial charge is 0.497 e. The van der Waals surface area contributed by atoms with E-state index in [-0.39, 0.29) is 50.2 Å². The number of benzene rings is 2.